The molecule has 8 heteroatoms. The highest BCUT2D eigenvalue weighted by atomic mass is 32.2. The normalized spacial score (nSPS) is 11.0. The van der Waals surface area contributed by atoms with Crippen molar-refractivity contribution >= 4 is 27.3 Å². The summed E-state index contributed by atoms with van der Waals surface area (Å²) in [7, 11) is -2.24. The molecule has 0 fully saturated rings. The summed E-state index contributed by atoms with van der Waals surface area (Å²) in [6.07, 6.45) is 0. The minimum atomic E-state index is -3.76. The van der Waals surface area contributed by atoms with E-state index in [0.29, 0.717) is 28.4 Å². The second kappa shape index (κ2) is 9.74. The molecule has 3 aromatic rings. The van der Waals surface area contributed by atoms with Crippen molar-refractivity contribution in [2.24, 2.45) is 0 Å². The first-order valence-corrected chi connectivity index (χ1v) is 11.4. The highest BCUT2D eigenvalue weighted by molar-refractivity contribution is 7.92. The molecule has 0 aliphatic heterocycles. The van der Waals surface area contributed by atoms with Gasteiger partial charge in [-0.2, -0.15) is 0 Å². The minimum absolute atomic E-state index is 0.110. The van der Waals surface area contributed by atoms with Crippen molar-refractivity contribution in [2.45, 2.75) is 25.7 Å². The quantitative estimate of drug-likeness (QED) is 0.525. The second-order valence-corrected chi connectivity index (χ2v) is 9.05. The summed E-state index contributed by atoms with van der Waals surface area (Å²) in [5, 5.41) is 2.73. The standard InChI is InChI=1S/C24H26N2O5S/c1-16-9-10-19(13-17(16)2)26-32(28,29)20-11-12-22(18(3)14-20)31-15-24(27)25-21-7-5-6-8-23(21)30-4/h5-14,26H,15H2,1-4H3,(H,25,27). The summed E-state index contributed by atoms with van der Waals surface area (Å²) in [4.78, 5) is 12.4. The number of aryl methyl sites for hydroxylation is 3. The molecule has 0 aliphatic carbocycles. The van der Waals surface area contributed by atoms with Crippen molar-refractivity contribution < 1.29 is 22.7 Å². The van der Waals surface area contributed by atoms with Crippen LogP contribution >= 0.6 is 0 Å². The maximum atomic E-state index is 12.8. The van der Waals surface area contributed by atoms with E-state index in [1.54, 1.807) is 49.4 Å². The average molecular weight is 455 g/mol. The third-order valence-corrected chi connectivity index (χ3v) is 6.33. The van der Waals surface area contributed by atoms with E-state index in [2.05, 4.69) is 10.0 Å². The SMILES string of the molecule is COc1ccccc1NC(=O)COc1ccc(S(=O)(=O)Nc2ccc(C)c(C)c2)cc1C. The number of hydrogen-bond acceptors (Lipinski definition) is 5. The Labute approximate surface area is 188 Å². The number of hydrogen-bond donors (Lipinski definition) is 2. The first kappa shape index (κ1) is 23.1. The Balaban J connectivity index is 1.66. The predicted octanol–water partition coefficient (Wildman–Crippen LogP) is 4.44. The van der Waals surface area contributed by atoms with Crippen LogP contribution in [-0.2, 0) is 14.8 Å². The maximum absolute atomic E-state index is 12.8. The van der Waals surface area contributed by atoms with Gasteiger partial charge in [0.05, 0.1) is 17.7 Å². The summed E-state index contributed by atoms with van der Waals surface area (Å²) in [5.41, 5.74) is 3.72. The zero-order chi connectivity index (χ0) is 23.3. The molecule has 0 unspecified atom stereocenters. The number of rotatable bonds is 8. The van der Waals surface area contributed by atoms with Crippen molar-refractivity contribution in [3.05, 3.63) is 77.4 Å². The first-order valence-electron chi connectivity index (χ1n) is 9.96. The summed E-state index contributed by atoms with van der Waals surface area (Å²) >= 11 is 0. The molecule has 1 amide bonds. The van der Waals surface area contributed by atoms with Gasteiger partial charge >= 0.3 is 0 Å². The van der Waals surface area contributed by atoms with Gasteiger partial charge in [-0.3, -0.25) is 9.52 Å². The Hall–Kier alpha value is -3.52. The van der Waals surface area contributed by atoms with Crippen molar-refractivity contribution in [1.82, 2.24) is 0 Å². The van der Waals surface area contributed by atoms with Crippen LogP contribution in [0.2, 0.25) is 0 Å². The monoisotopic (exact) mass is 454 g/mol. The van der Waals surface area contributed by atoms with Gasteiger partial charge < -0.3 is 14.8 Å². The fourth-order valence-corrected chi connectivity index (χ4v) is 4.18. The molecular weight excluding hydrogens is 428 g/mol. The van der Waals surface area contributed by atoms with E-state index in [4.69, 9.17) is 9.47 Å². The molecule has 0 saturated heterocycles. The summed E-state index contributed by atoms with van der Waals surface area (Å²) in [5.74, 6) is 0.607. The number of carbonyl (C=O) groups is 1. The lowest BCUT2D eigenvalue weighted by atomic mass is 10.1. The molecule has 0 bridgehead atoms. The maximum Gasteiger partial charge on any atom is 0.262 e. The van der Waals surface area contributed by atoms with E-state index >= 15 is 0 Å². The van der Waals surface area contributed by atoms with E-state index in [1.165, 1.54) is 19.2 Å². The molecule has 0 aromatic heterocycles. The van der Waals surface area contributed by atoms with Crippen molar-refractivity contribution in [2.75, 3.05) is 23.8 Å². The van der Waals surface area contributed by atoms with Crippen LogP contribution in [0.5, 0.6) is 11.5 Å². The molecule has 2 N–H and O–H groups in total. The Morgan fingerprint density at radius 2 is 1.62 bits per heavy atom. The van der Waals surface area contributed by atoms with Crippen molar-refractivity contribution in [3.63, 3.8) is 0 Å². The number of ether oxygens (including phenoxy) is 2. The molecule has 7 nitrogen and oxygen atoms in total. The number of methoxy groups -OCH3 is 1. The molecule has 0 spiro atoms. The van der Waals surface area contributed by atoms with Crippen LogP contribution in [-0.4, -0.2) is 28.0 Å². The first-order chi connectivity index (χ1) is 15.2. The molecule has 168 valence electrons. The van der Waals surface area contributed by atoms with Crippen molar-refractivity contribution in [1.29, 1.82) is 0 Å². The predicted molar refractivity (Wildman–Crippen MR) is 125 cm³/mol. The Morgan fingerprint density at radius 3 is 2.31 bits per heavy atom. The van der Waals surface area contributed by atoms with E-state index in [9.17, 15) is 13.2 Å². The van der Waals surface area contributed by atoms with Crippen LogP contribution in [0.15, 0.2) is 65.6 Å². The zero-order valence-corrected chi connectivity index (χ0v) is 19.2. The molecule has 0 saturated carbocycles. The molecule has 3 aromatic carbocycles. The highest BCUT2D eigenvalue weighted by Crippen LogP contribution is 2.25. The van der Waals surface area contributed by atoms with Gasteiger partial charge in [0.1, 0.15) is 11.5 Å². The van der Waals surface area contributed by atoms with Crippen molar-refractivity contribution in [3.8, 4) is 11.5 Å². The topological polar surface area (TPSA) is 93.7 Å². The van der Waals surface area contributed by atoms with Gasteiger partial charge in [0.25, 0.3) is 15.9 Å². The number of nitrogens with one attached hydrogen (secondary N) is 2. The van der Waals surface area contributed by atoms with Gasteiger partial charge in [-0.1, -0.05) is 18.2 Å². The van der Waals surface area contributed by atoms with Crippen LogP contribution in [0.25, 0.3) is 0 Å². The highest BCUT2D eigenvalue weighted by Gasteiger charge is 2.17. The third-order valence-electron chi connectivity index (χ3n) is 4.96. The third kappa shape index (κ3) is 5.59. The lowest BCUT2D eigenvalue weighted by Crippen LogP contribution is -2.21. The summed E-state index contributed by atoms with van der Waals surface area (Å²) in [6, 6.07) is 16.9. The number of amides is 1. The lowest BCUT2D eigenvalue weighted by Gasteiger charge is -2.13. The molecular formula is C24H26N2O5S. The molecule has 32 heavy (non-hydrogen) atoms. The van der Waals surface area contributed by atoms with Gasteiger partial charge in [0.2, 0.25) is 0 Å². The molecule has 0 radical (unpaired) electrons. The second-order valence-electron chi connectivity index (χ2n) is 7.37. The van der Waals surface area contributed by atoms with Crippen LogP contribution < -0.4 is 19.5 Å². The van der Waals surface area contributed by atoms with Gasteiger partial charge in [-0.15, -0.1) is 0 Å². The van der Waals surface area contributed by atoms with Gasteiger partial charge in [-0.25, -0.2) is 8.42 Å². The zero-order valence-electron chi connectivity index (χ0n) is 18.4. The lowest BCUT2D eigenvalue weighted by molar-refractivity contribution is -0.118. The number of para-hydroxylation sites is 2. The largest absolute Gasteiger partial charge is 0.495 e. The van der Waals surface area contributed by atoms with E-state index in [-0.39, 0.29) is 17.4 Å². The Kier molecular flexibility index (Phi) is 7.05. The summed E-state index contributed by atoms with van der Waals surface area (Å²) < 4.78 is 38.9. The number of benzene rings is 3. The van der Waals surface area contributed by atoms with E-state index in [1.807, 2.05) is 19.9 Å². The smallest absolute Gasteiger partial charge is 0.262 e. The molecule has 3 rings (SSSR count). The average Bonchev–Trinajstić information content (AvgIpc) is 2.75. The Morgan fingerprint density at radius 1 is 0.875 bits per heavy atom. The fourth-order valence-electron chi connectivity index (χ4n) is 3.05. The molecule has 0 atom stereocenters. The summed E-state index contributed by atoms with van der Waals surface area (Å²) in [6.45, 7) is 5.38. The van der Waals surface area contributed by atoms with Gasteiger partial charge in [0, 0.05) is 5.69 Å². The minimum Gasteiger partial charge on any atom is -0.495 e. The van der Waals surface area contributed by atoms with Gasteiger partial charge in [0.15, 0.2) is 6.61 Å². The number of carbonyl (C=O) groups excluding carboxylic acids is 1. The van der Waals surface area contributed by atoms with E-state index < -0.39 is 10.0 Å². The fraction of sp³-hybridized carbons (Fsp3) is 0.208. The van der Waals surface area contributed by atoms with Crippen LogP contribution in [0.4, 0.5) is 11.4 Å². The van der Waals surface area contributed by atoms with Crippen LogP contribution in [0, 0.1) is 20.8 Å². The Bertz CT molecular complexity index is 1240. The van der Waals surface area contributed by atoms with E-state index in [0.717, 1.165) is 11.1 Å². The van der Waals surface area contributed by atoms with Crippen LogP contribution in [0.3, 0.4) is 0 Å². The van der Waals surface area contributed by atoms with Crippen LogP contribution in [0.1, 0.15) is 16.7 Å². The number of anilines is 2. The van der Waals surface area contributed by atoms with Gasteiger partial charge in [-0.05, 0) is 79.9 Å². The molecule has 0 aliphatic rings. The molecule has 0 heterocycles. The number of sulfonamides is 1.